The Kier molecular flexibility index (Phi) is 4.87. The van der Waals surface area contributed by atoms with Gasteiger partial charge in [-0.15, -0.1) is 0 Å². The number of likely N-dealkylation sites (tertiary alicyclic amines) is 1. The minimum atomic E-state index is 0.748. The molecular formula is C15H30N2. The summed E-state index contributed by atoms with van der Waals surface area (Å²) in [5, 5.41) is 3.76. The van der Waals surface area contributed by atoms with Crippen molar-refractivity contribution in [1.82, 2.24) is 10.2 Å². The SMILES string of the molecule is CC1CCC(CCNC2CC(C)N(C)C2)CC1. The molecule has 1 heterocycles. The van der Waals surface area contributed by atoms with E-state index in [2.05, 4.69) is 31.1 Å². The minimum absolute atomic E-state index is 0.748. The molecule has 17 heavy (non-hydrogen) atoms. The molecule has 2 unspecified atom stereocenters. The quantitative estimate of drug-likeness (QED) is 0.810. The van der Waals surface area contributed by atoms with Gasteiger partial charge in [0, 0.05) is 18.6 Å². The monoisotopic (exact) mass is 238 g/mol. The summed E-state index contributed by atoms with van der Waals surface area (Å²) in [5.74, 6) is 2.00. The van der Waals surface area contributed by atoms with Gasteiger partial charge in [0.15, 0.2) is 0 Å². The molecular weight excluding hydrogens is 208 g/mol. The summed E-state index contributed by atoms with van der Waals surface area (Å²) >= 11 is 0. The highest BCUT2D eigenvalue weighted by Crippen LogP contribution is 2.30. The summed E-state index contributed by atoms with van der Waals surface area (Å²) in [4.78, 5) is 2.47. The molecule has 0 amide bonds. The third-order valence-electron chi connectivity index (χ3n) is 5.01. The molecule has 0 aromatic heterocycles. The van der Waals surface area contributed by atoms with Gasteiger partial charge in [0.2, 0.25) is 0 Å². The zero-order valence-corrected chi connectivity index (χ0v) is 11.9. The molecule has 2 nitrogen and oxygen atoms in total. The highest BCUT2D eigenvalue weighted by atomic mass is 15.2. The molecule has 0 aromatic carbocycles. The van der Waals surface area contributed by atoms with Crippen LogP contribution in [0.25, 0.3) is 0 Å². The van der Waals surface area contributed by atoms with Crippen LogP contribution < -0.4 is 5.32 Å². The van der Waals surface area contributed by atoms with Crippen LogP contribution in [-0.4, -0.2) is 37.1 Å². The predicted octanol–water partition coefficient (Wildman–Crippen LogP) is 2.89. The van der Waals surface area contributed by atoms with Crippen molar-refractivity contribution in [2.24, 2.45) is 11.8 Å². The zero-order chi connectivity index (χ0) is 12.3. The zero-order valence-electron chi connectivity index (χ0n) is 11.9. The molecule has 2 aliphatic rings. The maximum absolute atomic E-state index is 3.76. The van der Waals surface area contributed by atoms with Gasteiger partial charge in [0.05, 0.1) is 0 Å². The summed E-state index contributed by atoms with van der Waals surface area (Å²) in [5.41, 5.74) is 0. The van der Waals surface area contributed by atoms with E-state index in [4.69, 9.17) is 0 Å². The fourth-order valence-corrected chi connectivity index (χ4v) is 3.45. The van der Waals surface area contributed by atoms with Gasteiger partial charge < -0.3 is 10.2 Å². The van der Waals surface area contributed by atoms with Crippen molar-refractivity contribution in [3.63, 3.8) is 0 Å². The van der Waals surface area contributed by atoms with Gasteiger partial charge in [-0.1, -0.05) is 32.6 Å². The number of nitrogens with zero attached hydrogens (tertiary/aromatic N) is 1. The topological polar surface area (TPSA) is 15.3 Å². The van der Waals surface area contributed by atoms with E-state index in [9.17, 15) is 0 Å². The van der Waals surface area contributed by atoms with Crippen LogP contribution in [0, 0.1) is 11.8 Å². The van der Waals surface area contributed by atoms with Crippen LogP contribution in [0.5, 0.6) is 0 Å². The molecule has 2 rings (SSSR count). The third kappa shape index (κ3) is 3.96. The first kappa shape index (κ1) is 13.4. The minimum Gasteiger partial charge on any atom is -0.313 e. The van der Waals surface area contributed by atoms with Crippen molar-refractivity contribution >= 4 is 0 Å². The van der Waals surface area contributed by atoms with Gasteiger partial charge >= 0.3 is 0 Å². The van der Waals surface area contributed by atoms with Crippen molar-refractivity contribution < 1.29 is 0 Å². The molecule has 2 heteroatoms. The van der Waals surface area contributed by atoms with Crippen LogP contribution in [0.15, 0.2) is 0 Å². The van der Waals surface area contributed by atoms with Gasteiger partial charge in [0.1, 0.15) is 0 Å². The van der Waals surface area contributed by atoms with Gasteiger partial charge in [-0.05, 0) is 45.2 Å². The highest BCUT2D eigenvalue weighted by Gasteiger charge is 2.25. The Hall–Kier alpha value is -0.0800. The molecule has 1 N–H and O–H groups in total. The van der Waals surface area contributed by atoms with Crippen molar-refractivity contribution in [1.29, 1.82) is 0 Å². The van der Waals surface area contributed by atoms with E-state index in [1.165, 1.54) is 51.6 Å². The average molecular weight is 238 g/mol. The standard InChI is InChI=1S/C15H30N2/c1-12-4-6-14(7-5-12)8-9-16-15-10-13(2)17(3)11-15/h12-16H,4-11H2,1-3H3. The van der Waals surface area contributed by atoms with Crippen LogP contribution in [0.4, 0.5) is 0 Å². The number of likely N-dealkylation sites (N-methyl/N-ethyl adjacent to an activating group) is 1. The van der Waals surface area contributed by atoms with Crippen LogP contribution >= 0.6 is 0 Å². The Bertz CT molecular complexity index is 211. The van der Waals surface area contributed by atoms with Gasteiger partial charge in [-0.2, -0.15) is 0 Å². The predicted molar refractivity (Wildman–Crippen MR) is 74.2 cm³/mol. The lowest BCUT2D eigenvalue weighted by Gasteiger charge is -2.26. The van der Waals surface area contributed by atoms with E-state index in [1.807, 2.05) is 0 Å². The van der Waals surface area contributed by atoms with Gasteiger partial charge in [0.25, 0.3) is 0 Å². The second kappa shape index (κ2) is 6.19. The summed E-state index contributed by atoms with van der Waals surface area (Å²) in [6, 6.07) is 1.51. The maximum Gasteiger partial charge on any atom is 0.0209 e. The van der Waals surface area contributed by atoms with Crippen LogP contribution in [0.3, 0.4) is 0 Å². The smallest absolute Gasteiger partial charge is 0.0209 e. The second-order valence-electron chi connectivity index (χ2n) is 6.59. The Morgan fingerprint density at radius 3 is 2.41 bits per heavy atom. The molecule has 0 bridgehead atoms. The van der Waals surface area contributed by atoms with E-state index in [0.29, 0.717) is 0 Å². The molecule has 2 fully saturated rings. The number of rotatable bonds is 4. The lowest BCUT2D eigenvalue weighted by molar-refractivity contribution is 0.272. The molecule has 0 aromatic rings. The fourth-order valence-electron chi connectivity index (χ4n) is 3.45. The maximum atomic E-state index is 3.76. The number of hydrogen-bond acceptors (Lipinski definition) is 2. The average Bonchev–Trinajstić information content (AvgIpc) is 2.61. The largest absolute Gasteiger partial charge is 0.313 e. The normalized spacial score (nSPS) is 39.7. The summed E-state index contributed by atoms with van der Waals surface area (Å²) in [6.07, 6.45) is 8.62. The molecule has 100 valence electrons. The van der Waals surface area contributed by atoms with Crippen molar-refractivity contribution in [2.75, 3.05) is 20.1 Å². The van der Waals surface area contributed by atoms with Crippen LogP contribution in [0.1, 0.15) is 52.4 Å². The third-order valence-corrected chi connectivity index (χ3v) is 5.01. The highest BCUT2D eigenvalue weighted by molar-refractivity contribution is 4.85. The lowest BCUT2D eigenvalue weighted by Crippen LogP contribution is -2.33. The Morgan fingerprint density at radius 1 is 1.12 bits per heavy atom. The van der Waals surface area contributed by atoms with Crippen LogP contribution in [-0.2, 0) is 0 Å². The number of nitrogens with one attached hydrogen (secondary N) is 1. The lowest BCUT2D eigenvalue weighted by atomic mass is 9.81. The number of hydrogen-bond donors (Lipinski definition) is 1. The van der Waals surface area contributed by atoms with E-state index < -0.39 is 0 Å². The first-order valence-electron chi connectivity index (χ1n) is 7.58. The molecule has 0 spiro atoms. The summed E-state index contributed by atoms with van der Waals surface area (Å²) in [7, 11) is 2.24. The van der Waals surface area contributed by atoms with Crippen LogP contribution in [0.2, 0.25) is 0 Å². The first-order chi connectivity index (χ1) is 8.15. The molecule has 1 aliphatic carbocycles. The van der Waals surface area contributed by atoms with E-state index >= 15 is 0 Å². The first-order valence-corrected chi connectivity index (χ1v) is 7.58. The van der Waals surface area contributed by atoms with E-state index in [1.54, 1.807) is 0 Å². The molecule has 0 radical (unpaired) electrons. The van der Waals surface area contributed by atoms with Crippen molar-refractivity contribution in [3.05, 3.63) is 0 Å². The van der Waals surface area contributed by atoms with E-state index in [-0.39, 0.29) is 0 Å². The Morgan fingerprint density at radius 2 is 1.82 bits per heavy atom. The van der Waals surface area contributed by atoms with Gasteiger partial charge in [-0.3, -0.25) is 0 Å². The Balaban J connectivity index is 1.57. The Labute approximate surface area is 107 Å². The van der Waals surface area contributed by atoms with E-state index in [0.717, 1.165) is 23.9 Å². The molecule has 2 atom stereocenters. The molecule has 1 saturated carbocycles. The summed E-state index contributed by atoms with van der Waals surface area (Å²) in [6.45, 7) is 7.22. The van der Waals surface area contributed by atoms with Gasteiger partial charge in [-0.25, -0.2) is 0 Å². The second-order valence-corrected chi connectivity index (χ2v) is 6.59. The summed E-state index contributed by atoms with van der Waals surface area (Å²) < 4.78 is 0. The van der Waals surface area contributed by atoms with Crippen molar-refractivity contribution in [3.8, 4) is 0 Å². The molecule has 1 saturated heterocycles. The molecule has 1 aliphatic heterocycles. The fraction of sp³-hybridized carbons (Fsp3) is 1.00. The van der Waals surface area contributed by atoms with Crippen molar-refractivity contribution in [2.45, 2.75) is 64.5 Å².